The van der Waals surface area contributed by atoms with Gasteiger partial charge in [-0.2, -0.15) is 0 Å². The molecule has 0 fully saturated rings. The number of para-hydroxylation sites is 2. The van der Waals surface area contributed by atoms with Gasteiger partial charge in [0.2, 0.25) is 0 Å². The zero-order chi connectivity index (χ0) is 13.1. The average molecular weight is 248 g/mol. The van der Waals surface area contributed by atoms with E-state index in [1.165, 1.54) is 29.1 Å². The Balaban J connectivity index is 2.40. The SMILES string of the molecule is O=C(O)Cc1cn(-c2ccccc2[N+](=O)[O-])nn1. The van der Waals surface area contributed by atoms with Crippen LogP contribution in [0.2, 0.25) is 0 Å². The van der Waals surface area contributed by atoms with Gasteiger partial charge in [0.1, 0.15) is 5.69 Å². The molecule has 1 heterocycles. The molecule has 0 saturated heterocycles. The summed E-state index contributed by atoms with van der Waals surface area (Å²) < 4.78 is 1.19. The molecule has 0 saturated carbocycles. The van der Waals surface area contributed by atoms with Crippen LogP contribution >= 0.6 is 0 Å². The quantitative estimate of drug-likeness (QED) is 0.632. The van der Waals surface area contributed by atoms with Crippen LogP contribution in [-0.2, 0) is 11.2 Å². The summed E-state index contributed by atoms with van der Waals surface area (Å²) in [5.41, 5.74) is 0.358. The Labute approximate surface area is 101 Å². The Morgan fingerprint density at radius 3 is 2.83 bits per heavy atom. The lowest BCUT2D eigenvalue weighted by atomic mass is 10.2. The monoisotopic (exact) mass is 248 g/mol. The Morgan fingerprint density at radius 1 is 1.44 bits per heavy atom. The number of aromatic nitrogens is 3. The van der Waals surface area contributed by atoms with E-state index in [2.05, 4.69) is 10.3 Å². The van der Waals surface area contributed by atoms with Crippen LogP contribution < -0.4 is 0 Å². The molecular formula is C10H8N4O4. The summed E-state index contributed by atoms with van der Waals surface area (Å²) in [4.78, 5) is 20.8. The molecule has 1 aromatic heterocycles. The Hall–Kier alpha value is -2.77. The third kappa shape index (κ3) is 2.32. The van der Waals surface area contributed by atoms with E-state index in [1.54, 1.807) is 6.07 Å². The molecule has 1 aromatic carbocycles. The highest BCUT2D eigenvalue weighted by molar-refractivity contribution is 5.69. The molecule has 0 bridgehead atoms. The van der Waals surface area contributed by atoms with E-state index < -0.39 is 10.9 Å². The van der Waals surface area contributed by atoms with E-state index in [0.29, 0.717) is 0 Å². The van der Waals surface area contributed by atoms with Gasteiger partial charge >= 0.3 is 5.97 Å². The number of nitro benzene ring substituents is 1. The minimum absolute atomic E-state index is 0.121. The fraction of sp³-hybridized carbons (Fsp3) is 0.100. The van der Waals surface area contributed by atoms with Crippen molar-refractivity contribution in [3.63, 3.8) is 0 Å². The fourth-order valence-electron chi connectivity index (χ4n) is 1.46. The second-order valence-electron chi connectivity index (χ2n) is 3.47. The molecule has 0 unspecified atom stereocenters. The van der Waals surface area contributed by atoms with Crippen molar-refractivity contribution in [2.45, 2.75) is 6.42 Å². The second-order valence-corrected chi connectivity index (χ2v) is 3.47. The standard InChI is InChI=1S/C10H8N4O4/c15-10(16)5-7-6-13(12-11-7)8-3-1-2-4-9(8)14(17)18/h1-4,6H,5H2,(H,15,16). The topological polar surface area (TPSA) is 111 Å². The number of carbonyl (C=O) groups is 1. The predicted octanol–water partition coefficient (Wildman–Crippen LogP) is 0.803. The maximum atomic E-state index is 10.8. The summed E-state index contributed by atoms with van der Waals surface area (Å²) in [7, 11) is 0. The van der Waals surface area contributed by atoms with Gasteiger partial charge in [-0.15, -0.1) is 5.10 Å². The maximum absolute atomic E-state index is 10.8. The van der Waals surface area contributed by atoms with E-state index in [0.717, 1.165) is 0 Å². The fourth-order valence-corrected chi connectivity index (χ4v) is 1.46. The average Bonchev–Trinajstić information content (AvgIpc) is 2.76. The summed E-state index contributed by atoms with van der Waals surface area (Å²) >= 11 is 0. The number of hydrogen-bond donors (Lipinski definition) is 1. The molecule has 8 nitrogen and oxygen atoms in total. The van der Waals surface area contributed by atoms with E-state index in [4.69, 9.17) is 5.11 Å². The Morgan fingerprint density at radius 2 is 2.17 bits per heavy atom. The number of hydrogen-bond acceptors (Lipinski definition) is 5. The van der Waals surface area contributed by atoms with E-state index in [9.17, 15) is 14.9 Å². The molecule has 1 N–H and O–H groups in total. The molecule has 0 atom stereocenters. The summed E-state index contributed by atoms with van der Waals surface area (Å²) in [6.45, 7) is 0. The summed E-state index contributed by atoms with van der Waals surface area (Å²) in [5, 5.41) is 26.8. The number of rotatable bonds is 4. The normalized spacial score (nSPS) is 10.2. The molecule has 18 heavy (non-hydrogen) atoms. The Kier molecular flexibility index (Phi) is 3.00. The first-order valence-corrected chi connectivity index (χ1v) is 4.95. The van der Waals surface area contributed by atoms with Crippen LogP contribution in [0.1, 0.15) is 5.69 Å². The van der Waals surface area contributed by atoms with E-state index >= 15 is 0 Å². The first kappa shape index (κ1) is 11.7. The predicted molar refractivity (Wildman–Crippen MR) is 59.4 cm³/mol. The van der Waals surface area contributed by atoms with Gasteiger partial charge in [-0.25, -0.2) is 4.68 Å². The third-order valence-corrected chi connectivity index (χ3v) is 2.20. The summed E-state index contributed by atoms with van der Waals surface area (Å²) in [5.74, 6) is -1.04. The van der Waals surface area contributed by atoms with Gasteiger partial charge in [-0.3, -0.25) is 14.9 Å². The highest BCUT2D eigenvalue weighted by Gasteiger charge is 2.16. The molecular weight excluding hydrogens is 240 g/mol. The van der Waals surface area contributed by atoms with Crippen LogP contribution in [0.15, 0.2) is 30.5 Å². The zero-order valence-electron chi connectivity index (χ0n) is 9.05. The van der Waals surface area contributed by atoms with E-state index in [-0.39, 0.29) is 23.5 Å². The van der Waals surface area contributed by atoms with Crippen molar-refractivity contribution in [1.29, 1.82) is 0 Å². The van der Waals surface area contributed by atoms with Crippen LogP contribution in [-0.4, -0.2) is 31.0 Å². The number of carboxylic acid groups (broad SMARTS) is 1. The van der Waals surface area contributed by atoms with Gasteiger partial charge in [-0.05, 0) is 6.07 Å². The molecule has 92 valence electrons. The molecule has 2 aromatic rings. The van der Waals surface area contributed by atoms with Crippen LogP contribution in [0.4, 0.5) is 5.69 Å². The molecule has 2 rings (SSSR count). The highest BCUT2D eigenvalue weighted by atomic mass is 16.6. The minimum atomic E-state index is -1.04. The van der Waals surface area contributed by atoms with Crippen molar-refractivity contribution < 1.29 is 14.8 Å². The summed E-state index contributed by atoms with van der Waals surface area (Å²) in [6.07, 6.45) is 1.08. The van der Waals surface area contributed by atoms with Crippen molar-refractivity contribution in [2.75, 3.05) is 0 Å². The van der Waals surface area contributed by atoms with Crippen molar-refractivity contribution in [3.8, 4) is 5.69 Å². The number of nitro groups is 1. The number of aliphatic carboxylic acids is 1. The molecule has 0 amide bonds. The van der Waals surface area contributed by atoms with Crippen LogP contribution in [0.25, 0.3) is 5.69 Å². The summed E-state index contributed by atoms with van der Waals surface area (Å²) in [6, 6.07) is 6.02. The lowest BCUT2D eigenvalue weighted by molar-refractivity contribution is -0.384. The van der Waals surface area contributed by atoms with Gasteiger partial charge in [-0.1, -0.05) is 17.3 Å². The molecule has 0 aliphatic rings. The highest BCUT2D eigenvalue weighted by Crippen LogP contribution is 2.21. The van der Waals surface area contributed by atoms with E-state index in [1.807, 2.05) is 0 Å². The molecule has 0 aliphatic carbocycles. The first-order chi connectivity index (χ1) is 8.58. The molecule has 0 aliphatic heterocycles. The third-order valence-electron chi connectivity index (χ3n) is 2.20. The van der Waals surface area contributed by atoms with Crippen molar-refractivity contribution in [2.24, 2.45) is 0 Å². The lowest BCUT2D eigenvalue weighted by Gasteiger charge is -2.00. The number of carboxylic acids is 1. The zero-order valence-corrected chi connectivity index (χ0v) is 9.05. The van der Waals surface area contributed by atoms with Gasteiger partial charge in [0.05, 0.1) is 23.2 Å². The van der Waals surface area contributed by atoms with Crippen LogP contribution in [0.5, 0.6) is 0 Å². The van der Waals surface area contributed by atoms with Crippen molar-refractivity contribution in [1.82, 2.24) is 15.0 Å². The largest absolute Gasteiger partial charge is 0.481 e. The number of nitrogens with zero attached hydrogens (tertiary/aromatic N) is 4. The number of benzene rings is 1. The minimum Gasteiger partial charge on any atom is -0.481 e. The van der Waals surface area contributed by atoms with Gasteiger partial charge < -0.3 is 5.11 Å². The van der Waals surface area contributed by atoms with Crippen LogP contribution in [0.3, 0.4) is 0 Å². The lowest BCUT2D eigenvalue weighted by Crippen LogP contribution is -2.01. The molecule has 0 spiro atoms. The first-order valence-electron chi connectivity index (χ1n) is 4.95. The molecule has 8 heteroatoms. The molecule has 0 radical (unpaired) electrons. The second kappa shape index (κ2) is 4.62. The van der Waals surface area contributed by atoms with Crippen molar-refractivity contribution >= 4 is 11.7 Å². The maximum Gasteiger partial charge on any atom is 0.309 e. The van der Waals surface area contributed by atoms with Gasteiger partial charge in [0.15, 0.2) is 0 Å². The van der Waals surface area contributed by atoms with Crippen molar-refractivity contribution in [3.05, 3.63) is 46.3 Å². The smallest absolute Gasteiger partial charge is 0.309 e. The van der Waals surface area contributed by atoms with Gasteiger partial charge in [0, 0.05) is 6.07 Å². The van der Waals surface area contributed by atoms with Gasteiger partial charge in [0.25, 0.3) is 5.69 Å². The van der Waals surface area contributed by atoms with Crippen LogP contribution in [0, 0.1) is 10.1 Å². The Bertz CT molecular complexity index is 607.